The second-order valence-electron chi connectivity index (χ2n) is 3.73. The fourth-order valence-corrected chi connectivity index (χ4v) is 3.92. The number of carbonyl (C=O) groups excluding carboxylic acids is 3. The van der Waals surface area contributed by atoms with Gasteiger partial charge < -0.3 is 0 Å². The van der Waals surface area contributed by atoms with Gasteiger partial charge in [-0.3, -0.25) is 0 Å². The summed E-state index contributed by atoms with van der Waals surface area (Å²) in [5.74, 6) is -1.32. The number of hydrogen-bond acceptors (Lipinski definition) is 6. The Bertz CT molecular complexity index is 480. The molecule has 0 saturated carbocycles. The number of esters is 1. The number of halogens is 1. The third-order valence-electron chi connectivity index (χ3n) is 2.03. The molecule has 7 heteroatoms. The van der Waals surface area contributed by atoms with Gasteiger partial charge in [-0.15, -0.1) is 0 Å². The van der Waals surface area contributed by atoms with E-state index in [4.69, 9.17) is 6.13 Å². The number of rotatable bonds is 5. The molecule has 0 amide bonds. The molecule has 1 aromatic carbocycles. The molecule has 0 bridgehead atoms. The van der Waals surface area contributed by atoms with Crippen LogP contribution in [0, 0.1) is 3.57 Å². The van der Waals surface area contributed by atoms with E-state index in [2.05, 4.69) is 4.74 Å². The van der Waals surface area contributed by atoms with Gasteiger partial charge in [0.1, 0.15) is 0 Å². The van der Waals surface area contributed by atoms with Crippen molar-refractivity contribution in [3.63, 3.8) is 0 Å². The van der Waals surface area contributed by atoms with E-state index < -0.39 is 32.6 Å². The summed E-state index contributed by atoms with van der Waals surface area (Å²) in [6.07, 6.45) is 0.159. The maximum atomic E-state index is 11.1. The number of methoxy groups -OCH3 is 1. The van der Waals surface area contributed by atoms with Crippen LogP contribution in [0.2, 0.25) is 0 Å². The molecule has 0 fully saturated rings. The van der Waals surface area contributed by atoms with Crippen LogP contribution in [0.1, 0.15) is 19.4 Å². The Morgan fingerprint density at radius 2 is 1.50 bits per heavy atom. The van der Waals surface area contributed by atoms with Crippen LogP contribution in [0.15, 0.2) is 24.3 Å². The summed E-state index contributed by atoms with van der Waals surface area (Å²) in [6.45, 7) is 2.53. The fourth-order valence-electron chi connectivity index (χ4n) is 1.25. The summed E-state index contributed by atoms with van der Waals surface area (Å²) in [7, 11) is 1.32. The molecule has 0 heterocycles. The van der Waals surface area contributed by atoms with Crippen LogP contribution in [0.4, 0.5) is 0 Å². The average Bonchev–Trinajstić information content (AvgIpc) is 2.37. The predicted octanol–water partition coefficient (Wildman–Crippen LogP) is 2.03. The Hall–Kier alpha value is -1.64. The summed E-state index contributed by atoms with van der Waals surface area (Å²) >= 11 is -2.78. The molecule has 0 saturated heterocycles. The molecule has 0 aliphatic heterocycles. The van der Waals surface area contributed by atoms with Crippen LogP contribution in [-0.4, -0.2) is 25.0 Å². The zero-order chi connectivity index (χ0) is 15.1. The Kier molecular flexibility index (Phi) is 6.43. The van der Waals surface area contributed by atoms with Gasteiger partial charge in [-0.1, -0.05) is 0 Å². The first-order chi connectivity index (χ1) is 9.42. The monoisotopic (exact) mass is 394 g/mol. The number of hydrogen-bond donors (Lipinski definition) is 0. The van der Waals surface area contributed by atoms with Gasteiger partial charge in [0.15, 0.2) is 0 Å². The van der Waals surface area contributed by atoms with Crippen molar-refractivity contribution >= 4 is 38.6 Å². The number of ether oxygens (including phenoxy) is 1. The van der Waals surface area contributed by atoms with Crippen LogP contribution in [-0.2, 0) is 31.7 Å². The minimum absolute atomic E-state index is 0.159. The summed E-state index contributed by atoms with van der Waals surface area (Å²) in [5, 5.41) is 0. The second kappa shape index (κ2) is 7.83. The third-order valence-corrected chi connectivity index (χ3v) is 5.80. The second-order valence-corrected chi connectivity index (χ2v) is 7.10. The van der Waals surface area contributed by atoms with E-state index in [1.54, 1.807) is 24.3 Å². The summed E-state index contributed by atoms with van der Waals surface area (Å²) in [4.78, 5) is 33.2. The van der Waals surface area contributed by atoms with Gasteiger partial charge in [-0.2, -0.15) is 0 Å². The van der Waals surface area contributed by atoms with Crippen LogP contribution in [0.3, 0.4) is 0 Å². The van der Waals surface area contributed by atoms with Crippen molar-refractivity contribution in [2.24, 2.45) is 0 Å². The van der Waals surface area contributed by atoms with Crippen LogP contribution >= 0.6 is 20.6 Å². The molecule has 0 unspecified atom stereocenters. The molecule has 0 radical (unpaired) electrons. The van der Waals surface area contributed by atoms with Crippen molar-refractivity contribution in [1.29, 1.82) is 0 Å². The molecule has 110 valence electrons. The van der Waals surface area contributed by atoms with Gasteiger partial charge in [0, 0.05) is 0 Å². The zero-order valence-corrected chi connectivity index (χ0v) is 13.5. The van der Waals surface area contributed by atoms with E-state index in [0.29, 0.717) is 3.57 Å². The van der Waals surface area contributed by atoms with Crippen molar-refractivity contribution in [2.75, 3.05) is 7.11 Å². The summed E-state index contributed by atoms with van der Waals surface area (Å²) in [6, 6.07) is 6.80. The molecule has 0 N–H and O–H groups in total. The van der Waals surface area contributed by atoms with Crippen molar-refractivity contribution < 1.29 is 25.3 Å². The van der Waals surface area contributed by atoms with Crippen LogP contribution in [0.25, 0.3) is 0 Å². The summed E-state index contributed by atoms with van der Waals surface area (Å²) < 4.78 is 15.4. The Balaban J connectivity index is 2.83. The maximum absolute atomic E-state index is 11.1. The van der Waals surface area contributed by atoms with Crippen LogP contribution < -0.4 is 0 Å². The first-order valence-electron chi connectivity index (χ1n) is 5.66. The standard InChI is InChI=1S/C13H15IO6/c1-9(15)19-14(20-10(2)16)12-6-4-11(5-7-12)8-13(17)18-3/h4-7H,8H2,1-3H3. The van der Waals surface area contributed by atoms with E-state index >= 15 is 0 Å². The van der Waals surface area contributed by atoms with Crippen molar-refractivity contribution in [3.8, 4) is 0 Å². The molecule has 1 aromatic rings. The zero-order valence-electron chi connectivity index (χ0n) is 11.3. The number of carbonyl (C=O) groups is 3. The van der Waals surface area contributed by atoms with Crippen molar-refractivity contribution in [1.82, 2.24) is 0 Å². The van der Waals surface area contributed by atoms with E-state index in [0.717, 1.165) is 5.56 Å². The van der Waals surface area contributed by atoms with E-state index in [1.807, 2.05) is 0 Å². The Labute approximate surface area is 124 Å². The van der Waals surface area contributed by atoms with Gasteiger partial charge in [-0.05, 0) is 0 Å². The molecule has 0 aliphatic carbocycles. The SMILES string of the molecule is COC(=O)Cc1ccc(I(OC(C)=O)OC(C)=O)cc1. The van der Waals surface area contributed by atoms with Crippen LogP contribution in [0.5, 0.6) is 0 Å². The normalized spacial score (nSPS) is 10.4. The molecule has 20 heavy (non-hydrogen) atoms. The molecule has 0 aromatic heterocycles. The number of benzene rings is 1. The predicted molar refractivity (Wildman–Crippen MR) is 78.4 cm³/mol. The molecule has 0 atom stereocenters. The van der Waals surface area contributed by atoms with Gasteiger partial charge in [-0.25, -0.2) is 0 Å². The fraction of sp³-hybridized carbons (Fsp3) is 0.308. The topological polar surface area (TPSA) is 78.9 Å². The van der Waals surface area contributed by atoms with Gasteiger partial charge in [0.2, 0.25) is 0 Å². The summed E-state index contributed by atoms with van der Waals surface area (Å²) in [5.41, 5.74) is 0.766. The van der Waals surface area contributed by atoms with Gasteiger partial charge in [0.05, 0.1) is 0 Å². The first kappa shape index (κ1) is 16.4. The minimum atomic E-state index is -2.78. The Morgan fingerprint density at radius 3 is 1.90 bits per heavy atom. The van der Waals surface area contributed by atoms with E-state index in [-0.39, 0.29) is 12.4 Å². The van der Waals surface area contributed by atoms with E-state index in [1.165, 1.54) is 21.0 Å². The third kappa shape index (κ3) is 5.55. The molecule has 1 rings (SSSR count). The van der Waals surface area contributed by atoms with Gasteiger partial charge >= 0.3 is 125 Å². The molecule has 0 spiro atoms. The molecular formula is C13H15IO6. The quantitative estimate of drug-likeness (QED) is 0.562. The Morgan fingerprint density at radius 1 is 1.00 bits per heavy atom. The van der Waals surface area contributed by atoms with E-state index in [9.17, 15) is 14.4 Å². The molecular weight excluding hydrogens is 379 g/mol. The average molecular weight is 394 g/mol. The van der Waals surface area contributed by atoms with Gasteiger partial charge in [0.25, 0.3) is 0 Å². The van der Waals surface area contributed by atoms with Crippen molar-refractivity contribution in [2.45, 2.75) is 20.3 Å². The van der Waals surface area contributed by atoms with Crippen molar-refractivity contribution in [3.05, 3.63) is 33.4 Å². The molecule has 6 nitrogen and oxygen atoms in total. The molecule has 0 aliphatic rings. The first-order valence-corrected chi connectivity index (χ1v) is 8.50.